The number of hydrogen-bond donors (Lipinski definition) is 2. The molecule has 4 aromatic rings. The molecule has 27 heavy (non-hydrogen) atoms. The number of carbonyl (C=O) groups excluding carboxylic acids is 1. The van der Waals surface area contributed by atoms with Gasteiger partial charge in [-0.1, -0.05) is 35.5 Å². The van der Waals surface area contributed by atoms with E-state index >= 15 is 0 Å². The normalized spacial score (nSPS) is 11.2. The molecule has 0 aliphatic heterocycles. The molecule has 2 aromatic heterocycles. The molecule has 0 spiro atoms. The number of hydrogen-bond acceptors (Lipinski definition) is 4. The molecule has 0 aliphatic rings. The van der Waals surface area contributed by atoms with Crippen molar-refractivity contribution >= 4 is 51.2 Å². The number of rotatable bonds is 5. The number of thioether (sulfide) groups is 1. The Balaban J connectivity index is 1.46. The van der Waals surface area contributed by atoms with Gasteiger partial charge in [-0.25, -0.2) is 14.4 Å². The quantitative estimate of drug-likeness (QED) is 0.387. The second kappa shape index (κ2) is 7.54. The minimum atomic E-state index is -0.321. The van der Waals surface area contributed by atoms with Crippen molar-refractivity contribution < 1.29 is 9.18 Å². The zero-order valence-corrected chi connectivity index (χ0v) is 15.6. The Labute approximate surface area is 163 Å². The van der Waals surface area contributed by atoms with Crippen molar-refractivity contribution in [3.05, 3.63) is 65.2 Å². The topological polar surface area (TPSA) is 70.7 Å². The van der Waals surface area contributed by atoms with Crippen LogP contribution in [-0.2, 0) is 11.3 Å². The summed E-state index contributed by atoms with van der Waals surface area (Å²) in [5.74, 6) is -0.217. The number of nitrogens with one attached hydrogen (secondary N) is 2. The molecular weight excluding hydrogens is 387 g/mol. The number of carbonyl (C=O) groups is 1. The van der Waals surface area contributed by atoms with Crippen LogP contribution in [0.25, 0.3) is 21.9 Å². The lowest BCUT2D eigenvalue weighted by molar-refractivity contribution is -0.118. The standard InChI is InChI=1S/C19H14ClFN4OS/c20-12-3-1-11(2-4-12)8-22-16(26)9-27-19-18-17(23-10-24-19)14-7-13(21)5-6-15(14)25-18/h1-7,10,25H,8-9H2,(H,22,26). The van der Waals surface area contributed by atoms with Gasteiger partial charge in [-0.05, 0) is 35.9 Å². The van der Waals surface area contributed by atoms with Gasteiger partial charge in [-0.3, -0.25) is 4.79 Å². The Morgan fingerprint density at radius 1 is 1.19 bits per heavy atom. The molecule has 5 nitrogen and oxygen atoms in total. The number of aromatic amines is 1. The number of benzene rings is 2. The van der Waals surface area contributed by atoms with Crippen LogP contribution in [0.1, 0.15) is 5.56 Å². The highest BCUT2D eigenvalue weighted by atomic mass is 35.5. The highest BCUT2D eigenvalue weighted by Crippen LogP contribution is 2.29. The van der Waals surface area contributed by atoms with E-state index in [-0.39, 0.29) is 17.5 Å². The zero-order valence-electron chi connectivity index (χ0n) is 14.0. The van der Waals surface area contributed by atoms with Gasteiger partial charge in [0.05, 0.1) is 11.3 Å². The van der Waals surface area contributed by atoms with Gasteiger partial charge in [0, 0.05) is 22.5 Å². The lowest BCUT2D eigenvalue weighted by Crippen LogP contribution is -2.24. The van der Waals surface area contributed by atoms with E-state index in [0.717, 1.165) is 11.1 Å². The van der Waals surface area contributed by atoms with Crippen LogP contribution < -0.4 is 5.32 Å². The number of H-pyrrole nitrogens is 1. The summed E-state index contributed by atoms with van der Waals surface area (Å²) in [5.41, 5.74) is 3.10. The molecule has 0 aliphatic carbocycles. The van der Waals surface area contributed by atoms with Gasteiger partial charge in [0.2, 0.25) is 5.91 Å². The Morgan fingerprint density at radius 3 is 2.81 bits per heavy atom. The molecular formula is C19H14ClFN4OS. The van der Waals surface area contributed by atoms with Gasteiger partial charge in [-0.15, -0.1) is 0 Å². The third kappa shape index (κ3) is 3.89. The van der Waals surface area contributed by atoms with Crippen LogP contribution >= 0.6 is 23.4 Å². The van der Waals surface area contributed by atoms with Crippen LogP contribution in [-0.4, -0.2) is 26.6 Å². The molecule has 4 rings (SSSR count). The monoisotopic (exact) mass is 400 g/mol. The molecule has 0 atom stereocenters. The van der Waals surface area contributed by atoms with E-state index in [9.17, 15) is 9.18 Å². The molecule has 0 unspecified atom stereocenters. The molecule has 0 fully saturated rings. The minimum Gasteiger partial charge on any atom is -0.351 e. The van der Waals surface area contributed by atoms with Crippen molar-refractivity contribution in [3.8, 4) is 0 Å². The predicted octanol–water partition coefficient (Wildman–Crippen LogP) is 4.31. The zero-order chi connectivity index (χ0) is 18.8. The first-order valence-corrected chi connectivity index (χ1v) is 9.52. The van der Waals surface area contributed by atoms with Crippen LogP contribution in [0.4, 0.5) is 4.39 Å². The minimum absolute atomic E-state index is 0.108. The van der Waals surface area contributed by atoms with Gasteiger partial charge >= 0.3 is 0 Å². The Bertz CT molecular complexity index is 1130. The van der Waals surface area contributed by atoms with Crippen molar-refractivity contribution in [1.29, 1.82) is 0 Å². The SMILES string of the molecule is O=C(CSc1ncnc2c1[nH]c1ccc(F)cc12)NCc1ccc(Cl)cc1. The third-order valence-electron chi connectivity index (χ3n) is 4.05. The Hall–Kier alpha value is -2.64. The molecule has 0 bridgehead atoms. The van der Waals surface area contributed by atoms with E-state index in [1.807, 2.05) is 12.1 Å². The largest absolute Gasteiger partial charge is 0.351 e. The van der Waals surface area contributed by atoms with Gasteiger partial charge in [-0.2, -0.15) is 0 Å². The Morgan fingerprint density at radius 2 is 2.00 bits per heavy atom. The molecule has 0 radical (unpaired) electrons. The van der Waals surface area contributed by atoms with E-state index in [0.29, 0.717) is 33.0 Å². The van der Waals surface area contributed by atoms with E-state index in [2.05, 4.69) is 20.3 Å². The number of amides is 1. The molecule has 8 heteroatoms. The maximum absolute atomic E-state index is 13.5. The second-order valence-electron chi connectivity index (χ2n) is 5.91. The smallest absolute Gasteiger partial charge is 0.230 e. The highest BCUT2D eigenvalue weighted by Gasteiger charge is 2.13. The van der Waals surface area contributed by atoms with Crippen molar-refractivity contribution in [1.82, 2.24) is 20.3 Å². The van der Waals surface area contributed by atoms with Crippen LogP contribution in [0.2, 0.25) is 5.02 Å². The molecule has 2 heterocycles. The van der Waals surface area contributed by atoms with Gasteiger partial charge in [0.1, 0.15) is 22.7 Å². The van der Waals surface area contributed by atoms with Crippen molar-refractivity contribution in [2.24, 2.45) is 0 Å². The maximum Gasteiger partial charge on any atom is 0.230 e. The maximum atomic E-state index is 13.5. The van der Waals surface area contributed by atoms with Crippen LogP contribution in [0.3, 0.4) is 0 Å². The summed E-state index contributed by atoms with van der Waals surface area (Å²) in [4.78, 5) is 23.9. The number of nitrogens with zero attached hydrogens (tertiary/aromatic N) is 2. The molecule has 2 aromatic carbocycles. The lowest BCUT2D eigenvalue weighted by Gasteiger charge is -2.05. The second-order valence-corrected chi connectivity index (χ2v) is 7.31. The fourth-order valence-electron chi connectivity index (χ4n) is 2.74. The molecule has 0 saturated heterocycles. The molecule has 1 amide bonds. The first kappa shape index (κ1) is 17.8. The number of aromatic nitrogens is 3. The average molecular weight is 401 g/mol. The van der Waals surface area contributed by atoms with Crippen LogP contribution in [0.5, 0.6) is 0 Å². The fourth-order valence-corrected chi connectivity index (χ4v) is 3.65. The molecule has 136 valence electrons. The summed E-state index contributed by atoms with van der Waals surface area (Å²) < 4.78 is 13.5. The fraction of sp³-hybridized carbons (Fsp3) is 0.105. The van der Waals surface area contributed by atoms with Gasteiger partial charge in [0.15, 0.2) is 0 Å². The number of halogens is 2. The van der Waals surface area contributed by atoms with Crippen molar-refractivity contribution in [2.45, 2.75) is 11.6 Å². The first-order chi connectivity index (χ1) is 13.1. The lowest BCUT2D eigenvalue weighted by atomic mass is 10.2. The summed E-state index contributed by atoms with van der Waals surface area (Å²) in [6, 6.07) is 11.8. The van der Waals surface area contributed by atoms with Crippen LogP contribution in [0.15, 0.2) is 53.8 Å². The summed E-state index contributed by atoms with van der Waals surface area (Å²) in [6.45, 7) is 0.432. The molecule has 0 saturated carbocycles. The Kier molecular flexibility index (Phi) is 4.96. The van der Waals surface area contributed by atoms with E-state index in [1.54, 1.807) is 18.2 Å². The van der Waals surface area contributed by atoms with E-state index in [4.69, 9.17) is 11.6 Å². The van der Waals surface area contributed by atoms with Crippen molar-refractivity contribution in [3.63, 3.8) is 0 Å². The summed E-state index contributed by atoms with van der Waals surface area (Å²) in [6.07, 6.45) is 1.43. The van der Waals surface area contributed by atoms with E-state index in [1.165, 1.54) is 30.2 Å². The third-order valence-corrected chi connectivity index (χ3v) is 5.29. The summed E-state index contributed by atoms with van der Waals surface area (Å²) in [7, 11) is 0. The summed E-state index contributed by atoms with van der Waals surface area (Å²) >= 11 is 7.16. The van der Waals surface area contributed by atoms with E-state index < -0.39 is 0 Å². The summed E-state index contributed by atoms with van der Waals surface area (Å²) in [5, 5.41) is 4.87. The predicted molar refractivity (Wildman–Crippen MR) is 105 cm³/mol. The van der Waals surface area contributed by atoms with Crippen molar-refractivity contribution in [2.75, 3.05) is 5.75 Å². The van der Waals surface area contributed by atoms with Gasteiger partial charge in [0.25, 0.3) is 0 Å². The average Bonchev–Trinajstić information content (AvgIpc) is 3.04. The van der Waals surface area contributed by atoms with Crippen LogP contribution in [0, 0.1) is 5.82 Å². The van der Waals surface area contributed by atoms with Gasteiger partial charge < -0.3 is 10.3 Å². The first-order valence-electron chi connectivity index (χ1n) is 8.16. The number of fused-ring (bicyclic) bond motifs is 3. The highest BCUT2D eigenvalue weighted by molar-refractivity contribution is 8.00. The molecule has 2 N–H and O–H groups in total.